The molecule has 0 bridgehead atoms. The second-order valence-corrected chi connectivity index (χ2v) is 3.91. The molecule has 0 aromatic heterocycles. The first-order valence-electron chi connectivity index (χ1n) is 5.46. The van der Waals surface area contributed by atoms with E-state index >= 15 is 0 Å². The Labute approximate surface area is 85.5 Å². The van der Waals surface area contributed by atoms with Gasteiger partial charge in [-0.1, -0.05) is 12.1 Å². The third-order valence-corrected chi connectivity index (χ3v) is 2.79. The maximum atomic E-state index is 5.55. The van der Waals surface area contributed by atoms with Gasteiger partial charge in [-0.3, -0.25) is 0 Å². The van der Waals surface area contributed by atoms with Gasteiger partial charge in [0.25, 0.3) is 0 Å². The van der Waals surface area contributed by atoms with Crippen molar-refractivity contribution in [3.8, 4) is 0 Å². The van der Waals surface area contributed by atoms with Crippen LogP contribution in [0.3, 0.4) is 0 Å². The first-order chi connectivity index (χ1) is 6.90. The van der Waals surface area contributed by atoms with E-state index in [-0.39, 0.29) is 0 Å². The number of nitrogens with two attached hydrogens (primary N) is 1. The minimum absolute atomic E-state index is 0.742. The van der Waals surface area contributed by atoms with Gasteiger partial charge in [0.2, 0.25) is 0 Å². The molecule has 0 unspecified atom stereocenters. The maximum Gasteiger partial charge on any atom is 0.0372 e. The summed E-state index contributed by atoms with van der Waals surface area (Å²) in [5, 5.41) is 3.46. The van der Waals surface area contributed by atoms with Crippen LogP contribution >= 0.6 is 0 Å². The summed E-state index contributed by atoms with van der Waals surface area (Å²) < 4.78 is 0. The van der Waals surface area contributed by atoms with Gasteiger partial charge in [-0.25, -0.2) is 0 Å². The third-order valence-electron chi connectivity index (χ3n) is 2.79. The monoisotopic (exact) mass is 190 g/mol. The molecule has 0 spiro atoms. The number of anilines is 1. The zero-order chi connectivity index (χ0) is 9.80. The van der Waals surface area contributed by atoms with Crippen LogP contribution in [0.15, 0.2) is 18.2 Å². The highest BCUT2D eigenvalue weighted by Gasteiger charge is 2.07. The van der Waals surface area contributed by atoms with Gasteiger partial charge >= 0.3 is 0 Å². The Morgan fingerprint density at radius 3 is 3.07 bits per heavy atom. The normalized spacial score (nSPS) is 15.5. The van der Waals surface area contributed by atoms with Crippen molar-refractivity contribution >= 4 is 5.69 Å². The second kappa shape index (κ2) is 4.47. The van der Waals surface area contributed by atoms with Gasteiger partial charge in [0.1, 0.15) is 0 Å². The minimum atomic E-state index is 0.742. The molecule has 0 aliphatic carbocycles. The standard InChI is InChI=1S/C12H18N2/c13-7-6-10-4-5-12-11(9-10)3-1-2-8-14-12/h4-5,9,14H,1-3,6-8,13H2. The molecule has 2 rings (SSSR count). The van der Waals surface area contributed by atoms with Crippen LogP contribution in [-0.4, -0.2) is 13.1 Å². The Bertz CT molecular complexity index is 307. The van der Waals surface area contributed by atoms with E-state index in [4.69, 9.17) is 5.73 Å². The molecule has 2 heteroatoms. The summed E-state index contributed by atoms with van der Waals surface area (Å²) in [6, 6.07) is 6.69. The highest BCUT2D eigenvalue weighted by molar-refractivity contribution is 5.53. The fraction of sp³-hybridized carbons (Fsp3) is 0.500. The van der Waals surface area contributed by atoms with Gasteiger partial charge in [0.15, 0.2) is 0 Å². The molecule has 0 fully saturated rings. The van der Waals surface area contributed by atoms with Crippen molar-refractivity contribution in [3.05, 3.63) is 29.3 Å². The lowest BCUT2D eigenvalue weighted by Crippen LogP contribution is -2.04. The summed E-state index contributed by atoms with van der Waals surface area (Å²) in [4.78, 5) is 0. The third kappa shape index (κ3) is 2.07. The molecule has 0 saturated carbocycles. The lowest BCUT2D eigenvalue weighted by molar-refractivity contribution is 0.785. The largest absolute Gasteiger partial charge is 0.385 e. The van der Waals surface area contributed by atoms with E-state index in [0.29, 0.717) is 0 Å². The summed E-state index contributed by atoms with van der Waals surface area (Å²) in [6.07, 6.45) is 4.78. The molecule has 2 nitrogen and oxygen atoms in total. The van der Waals surface area contributed by atoms with Gasteiger partial charge in [0.05, 0.1) is 0 Å². The molecule has 1 aromatic rings. The minimum Gasteiger partial charge on any atom is -0.385 e. The molecular formula is C12H18N2. The van der Waals surface area contributed by atoms with Crippen molar-refractivity contribution in [3.63, 3.8) is 0 Å². The predicted molar refractivity (Wildman–Crippen MR) is 60.6 cm³/mol. The molecular weight excluding hydrogens is 172 g/mol. The van der Waals surface area contributed by atoms with Crippen molar-refractivity contribution < 1.29 is 0 Å². The van der Waals surface area contributed by atoms with E-state index in [2.05, 4.69) is 23.5 Å². The first-order valence-corrected chi connectivity index (χ1v) is 5.46. The number of hydrogen-bond donors (Lipinski definition) is 2. The fourth-order valence-electron chi connectivity index (χ4n) is 2.01. The lowest BCUT2D eigenvalue weighted by atomic mass is 10.0. The van der Waals surface area contributed by atoms with E-state index in [1.54, 1.807) is 0 Å². The van der Waals surface area contributed by atoms with E-state index in [1.807, 2.05) is 0 Å². The van der Waals surface area contributed by atoms with E-state index in [0.717, 1.165) is 19.5 Å². The van der Waals surface area contributed by atoms with Crippen molar-refractivity contribution in [1.29, 1.82) is 0 Å². The van der Waals surface area contributed by atoms with Crippen LogP contribution in [0.5, 0.6) is 0 Å². The van der Waals surface area contributed by atoms with Crippen LogP contribution in [0.2, 0.25) is 0 Å². The van der Waals surface area contributed by atoms with Crippen molar-refractivity contribution in [2.24, 2.45) is 5.73 Å². The molecule has 0 saturated heterocycles. The fourth-order valence-corrected chi connectivity index (χ4v) is 2.01. The highest BCUT2D eigenvalue weighted by Crippen LogP contribution is 2.22. The van der Waals surface area contributed by atoms with E-state index in [9.17, 15) is 0 Å². The first kappa shape index (κ1) is 9.53. The summed E-state index contributed by atoms with van der Waals surface area (Å²) in [7, 11) is 0. The van der Waals surface area contributed by atoms with Crippen LogP contribution in [0.25, 0.3) is 0 Å². The highest BCUT2D eigenvalue weighted by atomic mass is 14.9. The predicted octanol–water partition coefficient (Wildman–Crippen LogP) is 1.94. The molecule has 0 atom stereocenters. The van der Waals surface area contributed by atoms with Crippen LogP contribution in [0, 0.1) is 0 Å². The molecule has 14 heavy (non-hydrogen) atoms. The van der Waals surface area contributed by atoms with E-state index in [1.165, 1.54) is 36.1 Å². The Morgan fingerprint density at radius 2 is 2.21 bits per heavy atom. The zero-order valence-corrected chi connectivity index (χ0v) is 8.55. The number of fused-ring (bicyclic) bond motifs is 1. The Morgan fingerprint density at radius 1 is 1.29 bits per heavy atom. The van der Waals surface area contributed by atoms with Crippen LogP contribution in [0.1, 0.15) is 24.0 Å². The molecule has 3 N–H and O–H groups in total. The molecule has 1 aliphatic rings. The maximum absolute atomic E-state index is 5.55. The smallest absolute Gasteiger partial charge is 0.0372 e. The Hall–Kier alpha value is -1.02. The van der Waals surface area contributed by atoms with Gasteiger partial charge in [-0.2, -0.15) is 0 Å². The van der Waals surface area contributed by atoms with E-state index < -0.39 is 0 Å². The molecule has 1 heterocycles. The summed E-state index contributed by atoms with van der Waals surface area (Å²) in [6.45, 7) is 1.86. The topological polar surface area (TPSA) is 38.0 Å². The van der Waals surface area contributed by atoms with Crippen LogP contribution < -0.4 is 11.1 Å². The quantitative estimate of drug-likeness (QED) is 0.748. The van der Waals surface area contributed by atoms with Gasteiger partial charge in [0, 0.05) is 12.2 Å². The number of hydrogen-bond acceptors (Lipinski definition) is 2. The zero-order valence-electron chi connectivity index (χ0n) is 8.55. The summed E-state index contributed by atoms with van der Waals surface area (Å²) in [5.41, 5.74) is 9.71. The Kier molecular flexibility index (Phi) is 3.04. The van der Waals surface area contributed by atoms with Crippen molar-refractivity contribution in [2.75, 3.05) is 18.4 Å². The molecule has 76 valence electrons. The average Bonchev–Trinajstić information content (AvgIpc) is 2.42. The molecule has 1 aromatic carbocycles. The molecule has 0 radical (unpaired) electrons. The number of nitrogens with one attached hydrogen (secondary N) is 1. The number of benzene rings is 1. The lowest BCUT2D eigenvalue weighted by Gasteiger charge is -2.09. The van der Waals surface area contributed by atoms with Gasteiger partial charge in [-0.05, 0) is 49.4 Å². The SMILES string of the molecule is NCCc1ccc2c(c1)CCCCN2. The number of aryl methyl sites for hydroxylation is 1. The van der Waals surface area contributed by atoms with Crippen LogP contribution in [0.4, 0.5) is 5.69 Å². The van der Waals surface area contributed by atoms with Gasteiger partial charge in [-0.15, -0.1) is 0 Å². The van der Waals surface area contributed by atoms with Crippen LogP contribution in [-0.2, 0) is 12.8 Å². The van der Waals surface area contributed by atoms with Crippen molar-refractivity contribution in [1.82, 2.24) is 0 Å². The van der Waals surface area contributed by atoms with Crippen molar-refractivity contribution in [2.45, 2.75) is 25.7 Å². The Balaban J connectivity index is 2.23. The molecule has 0 amide bonds. The summed E-state index contributed by atoms with van der Waals surface area (Å²) >= 11 is 0. The van der Waals surface area contributed by atoms with Gasteiger partial charge < -0.3 is 11.1 Å². The summed E-state index contributed by atoms with van der Waals surface area (Å²) in [5.74, 6) is 0. The second-order valence-electron chi connectivity index (χ2n) is 3.91. The molecule has 1 aliphatic heterocycles. The number of rotatable bonds is 2. The average molecular weight is 190 g/mol.